The average Bonchev–Trinajstić information content (AvgIpc) is 2.60. The van der Waals surface area contributed by atoms with Gasteiger partial charge in [-0.05, 0) is 48.7 Å². The summed E-state index contributed by atoms with van der Waals surface area (Å²) in [6, 6.07) is 7.01. The highest BCUT2D eigenvalue weighted by Gasteiger charge is 2.24. The van der Waals surface area contributed by atoms with E-state index in [1.54, 1.807) is 17.0 Å². The predicted octanol–water partition coefficient (Wildman–Crippen LogP) is 2.69. The first kappa shape index (κ1) is 19.2. The van der Waals surface area contributed by atoms with Crippen LogP contribution in [0.4, 0.5) is 20.2 Å². The first-order valence-corrected chi connectivity index (χ1v) is 9.70. The van der Waals surface area contributed by atoms with Crippen molar-refractivity contribution in [2.24, 2.45) is 0 Å². The van der Waals surface area contributed by atoms with Gasteiger partial charge in [0.05, 0.1) is 0 Å². The van der Waals surface area contributed by atoms with Gasteiger partial charge in [0.1, 0.15) is 23.1 Å². The molecule has 2 aromatic carbocycles. The standard InChI is InChI=1S/C18H18F2N2O4S/c1-26-11-18(23)22-8-2-3-12-9-14(5-6-16(12)22)21-27(24,25)17-7-4-13(19)10-15(17)20/h4-7,9-10,21H,2-3,8,11H2,1H3. The molecule has 0 aliphatic carbocycles. The summed E-state index contributed by atoms with van der Waals surface area (Å²) in [5.41, 5.74) is 1.73. The molecule has 2 aromatic rings. The third-order valence-electron chi connectivity index (χ3n) is 4.20. The number of rotatable bonds is 5. The van der Waals surface area contributed by atoms with Crippen molar-refractivity contribution in [3.63, 3.8) is 0 Å². The van der Waals surface area contributed by atoms with Crippen molar-refractivity contribution in [1.29, 1.82) is 0 Å². The molecule has 0 radical (unpaired) electrons. The van der Waals surface area contributed by atoms with Crippen LogP contribution in [0.2, 0.25) is 0 Å². The number of carbonyl (C=O) groups is 1. The molecular weight excluding hydrogens is 378 g/mol. The Balaban J connectivity index is 1.88. The van der Waals surface area contributed by atoms with Gasteiger partial charge in [-0.1, -0.05) is 0 Å². The van der Waals surface area contributed by atoms with Gasteiger partial charge in [0.2, 0.25) is 0 Å². The molecule has 9 heteroatoms. The molecule has 0 spiro atoms. The fourth-order valence-corrected chi connectivity index (χ4v) is 4.13. The van der Waals surface area contributed by atoms with E-state index in [1.807, 2.05) is 0 Å². The maximum Gasteiger partial charge on any atom is 0.264 e. The third kappa shape index (κ3) is 4.09. The average molecular weight is 396 g/mol. The molecule has 6 nitrogen and oxygen atoms in total. The van der Waals surface area contributed by atoms with Crippen LogP contribution in [-0.2, 0) is 26.0 Å². The van der Waals surface area contributed by atoms with Crippen LogP contribution in [0, 0.1) is 11.6 Å². The van der Waals surface area contributed by atoms with Crippen LogP contribution < -0.4 is 9.62 Å². The second kappa shape index (κ2) is 7.61. The molecular formula is C18H18F2N2O4S. The highest BCUT2D eigenvalue weighted by atomic mass is 32.2. The third-order valence-corrected chi connectivity index (χ3v) is 5.62. The first-order chi connectivity index (χ1) is 12.8. The van der Waals surface area contributed by atoms with E-state index in [9.17, 15) is 22.0 Å². The molecule has 0 unspecified atom stereocenters. The van der Waals surface area contributed by atoms with Crippen molar-refractivity contribution in [2.75, 3.05) is 29.9 Å². The van der Waals surface area contributed by atoms with E-state index >= 15 is 0 Å². The van der Waals surface area contributed by atoms with Gasteiger partial charge in [0.15, 0.2) is 0 Å². The topological polar surface area (TPSA) is 75.7 Å². The molecule has 1 aliphatic rings. The number of hydrogen-bond donors (Lipinski definition) is 1. The van der Waals surface area contributed by atoms with Crippen LogP contribution in [0.1, 0.15) is 12.0 Å². The van der Waals surface area contributed by atoms with Gasteiger partial charge in [0, 0.05) is 31.1 Å². The monoisotopic (exact) mass is 396 g/mol. The Kier molecular flexibility index (Phi) is 5.43. The highest BCUT2D eigenvalue weighted by molar-refractivity contribution is 7.92. The molecule has 3 rings (SSSR count). The fraction of sp³-hybridized carbons (Fsp3) is 0.278. The number of benzene rings is 2. The van der Waals surface area contributed by atoms with E-state index in [0.717, 1.165) is 24.1 Å². The van der Waals surface area contributed by atoms with Gasteiger partial charge in [-0.2, -0.15) is 0 Å². The van der Waals surface area contributed by atoms with E-state index in [-0.39, 0.29) is 18.2 Å². The summed E-state index contributed by atoms with van der Waals surface area (Å²) >= 11 is 0. The number of amides is 1. The van der Waals surface area contributed by atoms with Crippen LogP contribution in [-0.4, -0.2) is 34.6 Å². The van der Waals surface area contributed by atoms with E-state index < -0.39 is 26.6 Å². The number of ether oxygens (including phenoxy) is 1. The van der Waals surface area contributed by atoms with Gasteiger partial charge in [-0.15, -0.1) is 0 Å². The lowest BCUT2D eigenvalue weighted by Crippen LogP contribution is -2.37. The van der Waals surface area contributed by atoms with Gasteiger partial charge >= 0.3 is 0 Å². The molecule has 0 saturated heterocycles. The molecule has 1 N–H and O–H groups in total. The van der Waals surface area contributed by atoms with Crippen molar-refractivity contribution < 1.29 is 26.7 Å². The Hall–Kier alpha value is -2.52. The maximum atomic E-state index is 13.8. The van der Waals surface area contributed by atoms with Crippen molar-refractivity contribution in [3.8, 4) is 0 Å². The smallest absolute Gasteiger partial charge is 0.264 e. The van der Waals surface area contributed by atoms with E-state index in [1.165, 1.54) is 13.2 Å². The minimum absolute atomic E-state index is 0.0440. The Morgan fingerprint density at radius 1 is 1.22 bits per heavy atom. The largest absolute Gasteiger partial charge is 0.375 e. The highest BCUT2D eigenvalue weighted by Crippen LogP contribution is 2.31. The lowest BCUT2D eigenvalue weighted by molar-refractivity contribution is -0.122. The molecule has 1 amide bonds. The Morgan fingerprint density at radius 3 is 2.70 bits per heavy atom. The van der Waals surface area contributed by atoms with Crippen molar-refractivity contribution in [3.05, 3.63) is 53.6 Å². The molecule has 27 heavy (non-hydrogen) atoms. The first-order valence-electron chi connectivity index (χ1n) is 8.22. The summed E-state index contributed by atoms with van der Waals surface area (Å²) < 4.78 is 58.8. The Labute approximate surface area is 155 Å². The molecule has 1 heterocycles. The second-order valence-electron chi connectivity index (χ2n) is 6.11. The van der Waals surface area contributed by atoms with Crippen LogP contribution >= 0.6 is 0 Å². The summed E-state index contributed by atoms with van der Waals surface area (Å²) in [5, 5.41) is 0. The van der Waals surface area contributed by atoms with E-state index in [0.29, 0.717) is 24.7 Å². The zero-order valence-corrected chi connectivity index (χ0v) is 15.4. The fourth-order valence-electron chi connectivity index (χ4n) is 3.02. The number of aryl methyl sites for hydroxylation is 1. The summed E-state index contributed by atoms with van der Waals surface area (Å²) in [6.07, 6.45) is 1.40. The van der Waals surface area contributed by atoms with Gasteiger partial charge in [0.25, 0.3) is 15.9 Å². The van der Waals surface area contributed by atoms with Gasteiger partial charge in [-0.25, -0.2) is 17.2 Å². The quantitative estimate of drug-likeness (QED) is 0.843. The van der Waals surface area contributed by atoms with Crippen molar-refractivity contribution >= 4 is 27.3 Å². The lowest BCUT2D eigenvalue weighted by atomic mass is 10.0. The number of carbonyl (C=O) groups excluding carboxylic acids is 1. The van der Waals surface area contributed by atoms with Gasteiger partial charge < -0.3 is 9.64 Å². The molecule has 0 bridgehead atoms. The Bertz CT molecular complexity index is 979. The van der Waals surface area contributed by atoms with Crippen LogP contribution in [0.5, 0.6) is 0 Å². The number of hydrogen-bond acceptors (Lipinski definition) is 4. The molecule has 0 fully saturated rings. The summed E-state index contributed by atoms with van der Waals surface area (Å²) in [5.74, 6) is -2.21. The molecule has 0 aromatic heterocycles. The molecule has 0 saturated carbocycles. The minimum Gasteiger partial charge on any atom is -0.375 e. The zero-order valence-electron chi connectivity index (χ0n) is 14.5. The number of fused-ring (bicyclic) bond motifs is 1. The normalized spacial score (nSPS) is 14.0. The number of halogens is 2. The summed E-state index contributed by atoms with van der Waals surface area (Å²) in [7, 11) is -2.78. The predicted molar refractivity (Wildman–Crippen MR) is 96.2 cm³/mol. The van der Waals surface area contributed by atoms with Crippen LogP contribution in [0.3, 0.4) is 0 Å². The zero-order chi connectivity index (χ0) is 19.6. The van der Waals surface area contributed by atoms with E-state index in [2.05, 4.69) is 4.72 Å². The van der Waals surface area contributed by atoms with E-state index in [4.69, 9.17) is 4.74 Å². The van der Waals surface area contributed by atoms with Gasteiger partial charge in [-0.3, -0.25) is 9.52 Å². The number of nitrogens with zero attached hydrogens (tertiary/aromatic N) is 1. The Morgan fingerprint density at radius 2 is 2.00 bits per heavy atom. The minimum atomic E-state index is -4.22. The second-order valence-corrected chi connectivity index (χ2v) is 7.76. The van der Waals surface area contributed by atoms with Crippen LogP contribution in [0.15, 0.2) is 41.3 Å². The number of sulfonamides is 1. The summed E-state index contributed by atoms with van der Waals surface area (Å²) in [6.45, 7) is 0.513. The number of methoxy groups -OCH3 is 1. The van der Waals surface area contributed by atoms with Crippen LogP contribution in [0.25, 0.3) is 0 Å². The number of nitrogens with one attached hydrogen (secondary N) is 1. The molecule has 1 aliphatic heterocycles. The van der Waals surface area contributed by atoms with Crippen molar-refractivity contribution in [1.82, 2.24) is 0 Å². The summed E-state index contributed by atoms with van der Waals surface area (Å²) in [4.78, 5) is 13.1. The SMILES string of the molecule is COCC(=O)N1CCCc2cc(NS(=O)(=O)c3ccc(F)cc3F)ccc21. The lowest BCUT2D eigenvalue weighted by Gasteiger charge is -2.29. The molecule has 144 valence electrons. The number of anilines is 2. The van der Waals surface area contributed by atoms with Crippen molar-refractivity contribution in [2.45, 2.75) is 17.7 Å². The molecule has 0 atom stereocenters. The maximum absolute atomic E-state index is 13.8.